The Morgan fingerprint density at radius 1 is 1.22 bits per heavy atom. The number of fused-ring (bicyclic) bond motifs is 2. The molecule has 3 aromatic heterocycles. The zero-order valence-electron chi connectivity index (χ0n) is 17.7. The number of anilines is 1. The lowest BCUT2D eigenvalue weighted by Crippen LogP contribution is -2.28. The molecule has 0 saturated carbocycles. The normalized spacial score (nSPS) is 30.9. The molecular formula is C22H23N5O4S. The van der Waals surface area contributed by atoms with Crippen LogP contribution in [0, 0.1) is 11.8 Å². The van der Waals surface area contributed by atoms with Crippen molar-refractivity contribution < 1.29 is 18.9 Å². The number of thiophene rings is 1. The van der Waals surface area contributed by atoms with Crippen LogP contribution in [0.4, 0.5) is 5.82 Å². The van der Waals surface area contributed by atoms with Crippen LogP contribution in [0.25, 0.3) is 11.2 Å². The Hall–Kier alpha value is -2.55. The topological polar surface area (TPSA) is 92.6 Å². The molecule has 0 spiro atoms. The first-order valence-corrected chi connectivity index (χ1v) is 11.5. The maximum Gasteiger partial charge on any atom is 0.167 e. The van der Waals surface area contributed by atoms with E-state index in [0.29, 0.717) is 23.6 Å². The van der Waals surface area contributed by atoms with Gasteiger partial charge in [-0.15, -0.1) is 11.3 Å². The molecule has 9 nitrogen and oxygen atoms in total. The van der Waals surface area contributed by atoms with Gasteiger partial charge in [-0.2, -0.15) is 0 Å². The molecule has 0 aliphatic carbocycles. The Balaban J connectivity index is 1.33. The van der Waals surface area contributed by atoms with Crippen LogP contribution >= 0.6 is 11.3 Å². The van der Waals surface area contributed by atoms with Crippen molar-refractivity contribution in [3.8, 4) is 11.8 Å². The lowest BCUT2D eigenvalue weighted by molar-refractivity contribution is -0.190. The Bertz CT molecular complexity index is 1180. The van der Waals surface area contributed by atoms with Crippen LogP contribution in [0.5, 0.6) is 0 Å². The third-order valence-corrected chi connectivity index (χ3v) is 6.58. The molecule has 3 aromatic rings. The van der Waals surface area contributed by atoms with Gasteiger partial charge in [0.2, 0.25) is 0 Å². The minimum absolute atomic E-state index is 0.217. The van der Waals surface area contributed by atoms with Crippen LogP contribution in [0.3, 0.4) is 0 Å². The van der Waals surface area contributed by atoms with E-state index in [9.17, 15) is 0 Å². The lowest BCUT2D eigenvalue weighted by Gasteiger charge is -2.23. The second-order valence-corrected chi connectivity index (χ2v) is 9.46. The first-order valence-electron chi connectivity index (χ1n) is 10.7. The Morgan fingerprint density at radius 3 is 2.94 bits per heavy atom. The predicted molar refractivity (Wildman–Crippen MR) is 117 cm³/mol. The summed E-state index contributed by atoms with van der Waals surface area (Å²) in [5.41, 5.74) is 1.36. The van der Waals surface area contributed by atoms with E-state index in [2.05, 4.69) is 32.1 Å². The van der Waals surface area contributed by atoms with Crippen LogP contribution < -0.4 is 5.32 Å². The Labute approximate surface area is 189 Å². The second-order valence-electron chi connectivity index (χ2n) is 8.51. The van der Waals surface area contributed by atoms with Crippen LogP contribution in [0.2, 0.25) is 0 Å². The van der Waals surface area contributed by atoms with Gasteiger partial charge in [0.25, 0.3) is 0 Å². The van der Waals surface area contributed by atoms with Crippen molar-refractivity contribution in [2.45, 2.75) is 56.6 Å². The number of aromatic nitrogens is 4. The van der Waals surface area contributed by atoms with Gasteiger partial charge in [0.1, 0.15) is 24.6 Å². The standard InChI is InChI=1S/C22H23N5O4S/c1-22(2)30-17-15(6-5-14-4-3-9-32-14)29-21(18(17)31-22)27-12-25-16-19(23-11-24-20(16)27)26-13-7-8-28-10-13/h3-4,9,11-13,15,17-18,21H,7-8,10H2,1-2H3,(H,23,24,26)/t13?,15-,17-,18+,21-/m1/s1. The molecule has 3 aliphatic rings. The van der Waals surface area contributed by atoms with E-state index < -0.39 is 18.1 Å². The summed E-state index contributed by atoms with van der Waals surface area (Å²) in [4.78, 5) is 14.5. The smallest absolute Gasteiger partial charge is 0.167 e. The maximum atomic E-state index is 6.35. The van der Waals surface area contributed by atoms with Crippen molar-refractivity contribution in [3.63, 3.8) is 0 Å². The fraction of sp³-hybridized carbons (Fsp3) is 0.500. The molecule has 6 rings (SSSR count). The fourth-order valence-electron chi connectivity index (χ4n) is 4.39. The van der Waals surface area contributed by atoms with Crippen LogP contribution in [0.15, 0.2) is 30.2 Å². The number of nitrogens with one attached hydrogen (secondary N) is 1. The highest BCUT2D eigenvalue weighted by molar-refractivity contribution is 7.10. The van der Waals surface area contributed by atoms with Crippen LogP contribution in [-0.2, 0) is 18.9 Å². The predicted octanol–water partition coefficient (Wildman–Crippen LogP) is 2.56. The summed E-state index contributed by atoms with van der Waals surface area (Å²) >= 11 is 1.60. The number of hydrogen-bond donors (Lipinski definition) is 1. The summed E-state index contributed by atoms with van der Waals surface area (Å²) in [6.45, 7) is 5.23. The SMILES string of the molecule is CC1(C)O[C@H]2[C@H](O1)[C@@H](C#Cc1cccs1)O[C@H]2n1cnc2c(NC3CCOC3)ncnc21. The molecule has 1 N–H and O–H groups in total. The lowest BCUT2D eigenvalue weighted by atomic mass is 10.1. The maximum absolute atomic E-state index is 6.35. The van der Waals surface area contributed by atoms with Crippen molar-refractivity contribution in [2.75, 3.05) is 18.5 Å². The molecular weight excluding hydrogens is 430 g/mol. The van der Waals surface area contributed by atoms with E-state index in [1.54, 1.807) is 17.7 Å². The summed E-state index contributed by atoms with van der Waals surface area (Å²) in [6.07, 6.45) is 2.66. The third-order valence-electron chi connectivity index (χ3n) is 5.79. The molecule has 0 bridgehead atoms. The van der Waals surface area contributed by atoms with Gasteiger partial charge in [-0.3, -0.25) is 4.57 Å². The van der Waals surface area contributed by atoms with E-state index in [0.717, 1.165) is 17.9 Å². The summed E-state index contributed by atoms with van der Waals surface area (Å²) in [5.74, 6) is 6.40. The van der Waals surface area contributed by atoms with E-state index in [4.69, 9.17) is 18.9 Å². The van der Waals surface area contributed by atoms with Crippen molar-refractivity contribution >= 4 is 28.3 Å². The number of ether oxygens (including phenoxy) is 4. The molecule has 3 saturated heterocycles. The largest absolute Gasteiger partial charge is 0.379 e. The molecule has 5 atom stereocenters. The monoisotopic (exact) mass is 453 g/mol. The average Bonchev–Trinajstić information content (AvgIpc) is 3.56. The minimum atomic E-state index is -0.721. The van der Waals surface area contributed by atoms with Gasteiger partial charge in [0.05, 0.1) is 23.9 Å². The van der Waals surface area contributed by atoms with Gasteiger partial charge in [0.15, 0.2) is 29.0 Å². The molecule has 10 heteroatoms. The number of nitrogens with zero attached hydrogens (tertiary/aromatic N) is 4. The molecule has 0 radical (unpaired) electrons. The Kier molecular flexibility index (Phi) is 4.89. The summed E-state index contributed by atoms with van der Waals surface area (Å²) < 4.78 is 26.1. The van der Waals surface area contributed by atoms with E-state index in [1.165, 1.54) is 6.33 Å². The van der Waals surface area contributed by atoms with Crippen LogP contribution in [0.1, 0.15) is 31.4 Å². The zero-order chi connectivity index (χ0) is 21.7. The van der Waals surface area contributed by atoms with Crippen molar-refractivity contribution in [2.24, 2.45) is 0 Å². The summed E-state index contributed by atoms with van der Waals surface area (Å²) in [6, 6.07) is 4.19. The van der Waals surface area contributed by atoms with Crippen molar-refractivity contribution in [3.05, 3.63) is 35.0 Å². The van der Waals surface area contributed by atoms with Gasteiger partial charge >= 0.3 is 0 Å². The molecule has 3 aliphatic heterocycles. The van der Waals surface area contributed by atoms with Crippen LogP contribution in [-0.4, -0.2) is 62.9 Å². The van der Waals surface area contributed by atoms with Gasteiger partial charge in [-0.05, 0) is 31.7 Å². The molecule has 0 aromatic carbocycles. The van der Waals surface area contributed by atoms with E-state index in [-0.39, 0.29) is 18.2 Å². The van der Waals surface area contributed by atoms with Gasteiger partial charge < -0.3 is 24.3 Å². The summed E-state index contributed by atoms with van der Waals surface area (Å²) in [5, 5.41) is 5.43. The highest BCUT2D eigenvalue weighted by atomic mass is 32.1. The number of rotatable bonds is 3. The molecule has 166 valence electrons. The molecule has 32 heavy (non-hydrogen) atoms. The van der Waals surface area contributed by atoms with Crippen molar-refractivity contribution in [1.29, 1.82) is 0 Å². The quantitative estimate of drug-likeness (QED) is 0.605. The average molecular weight is 454 g/mol. The van der Waals surface area contributed by atoms with Gasteiger partial charge in [0, 0.05) is 6.61 Å². The number of imidazole rings is 1. The Morgan fingerprint density at radius 2 is 2.12 bits per heavy atom. The first kappa shape index (κ1) is 20.1. The van der Waals surface area contributed by atoms with Gasteiger partial charge in [-0.25, -0.2) is 15.0 Å². The first-order chi connectivity index (χ1) is 15.6. The number of hydrogen-bond acceptors (Lipinski definition) is 9. The highest BCUT2D eigenvalue weighted by Crippen LogP contribution is 2.43. The summed E-state index contributed by atoms with van der Waals surface area (Å²) in [7, 11) is 0. The molecule has 1 unspecified atom stereocenters. The van der Waals surface area contributed by atoms with E-state index in [1.807, 2.05) is 35.9 Å². The van der Waals surface area contributed by atoms with Gasteiger partial charge in [-0.1, -0.05) is 17.9 Å². The molecule has 3 fully saturated rings. The minimum Gasteiger partial charge on any atom is -0.379 e. The van der Waals surface area contributed by atoms with Crippen molar-refractivity contribution in [1.82, 2.24) is 19.5 Å². The second kappa shape index (κ2) is 7.79. The molecule has 0 amide bonds. The fourth-order valence-corrected chi connectivity index (χ4v) is 4.97. The highest BCUT2D eigenvalue weighted by Gasteiger charge is 2.56. The zero-order valence-corrected chi connectivity index (χ0v) is 18.5. The molecule has 6 heterocycles. The van der Waals surface area contributed by atoms with E-state index >= 15 is 0 Å². The third kappa shape index (κ3) is 3.56.